The van der Waals surface area contributed by atoms with E-state index in [9.17, 15) is 22.4 Å². The predicted octanol–water partition coefficient (Wildman–Crippen LogP) is 8.61. The first-order valence-corrected chi connectivity index (χ1v) is 15.6. The van der Waals surface area contributed by atoms with E-state index in [1.165, 1.54) is 53.1 Å². The van der Waals surface area contributed by atoms with Gasteiger partial charge in [0.25, 0.3) is 0 Å². The highest BCUT2D eigenvalue weighted by Crippen LogP contribution is 2.35. The third-order valence-corrected chi connectivity index (χ3v) is 8.25. The second-order valence-electron chi connectivity index (χ2n) is 11.2. The van der Waals surface area contributed by atoms with Crippen molar-refractivity contribution >= 4 is 34.4 Å². The fraction of sp³-hybridized carbons (Fsp3) is 0.303. The molecule has 1 saturated heterocycles. The third kappa shape index (κ3) is 8.19. The van der Waals surface area contributed by atoms with Crippen LogP contribution in [0.1, 0.15) is 51.2 Å². The highest BCUT2D eigenvalue weighted by atomic mass is 32.2. The van der Waals surface area contributed by atoms with E-state index in [0.29, 0.717) is 28.8 Å². The second kappa shape index (κ2) is 13.9. The molecule has 1 fully saturated rings. The van der Waals surface area contributed by atoms with Gasteiger partial charge in [0.05, 0.1) is 5.69 Å². The standard InChI is InChI=1S/C33H32F4N6O2S/c1-20(2)28-18-25(34)9-14-29(28)43-22(4)15-16-46-32(43)40-31(44)39-21(3)17-23-5-7-24(8-6-23)30-38-19-42(41-30)26-10-12-27(13-11-26)45-33(35,36)37/h5-14,18-20,22H,15-17H2,1-4H3. The summed E-state index contributed by atoms with van der Waals surface area (Å²) in [4.78, 5) is 27.9. The molecular formula is C33H32F4N6O2S. The van der Waals surface area contributed by atoms with Gasteiger partial charge < -0.3 is 9.64 Å². The highest BCUT2D eigenvalue weighted by molar-refractivity contribution is 8.14. The number of anilines is 1. The lowest BCUT2D eigenvalue weighted by Crippen LogP contribution is -2.42. The first-order valence-electron chi connectivity index (χ1n) is 14.6. The van der Waals surface area contributed by atoms with Gasteiger partial charge in [0.15, 0.2) is 11.0 Å². The number of hydrogen-bond acceptors (Lipinski definition) is 5. The molecule has 8 nitrogen and oxygen atoms in total. The Kier molecular flexibility index (Phi) is 9.90. The fourth-order valence-corrected chi connectivity index (χ4v) is 6.24. The molecule has 1 atom stereocenters. The first kappa shape index (κ1) is 32.9. The number of hydrogen-bond donors (Lipinski definition) is 0. The summed E-state index contributed by atoms with van der Waals surface area (Å²) >= 11 is 1.49. The van der Waals surface area contributed by atoms with E-state index >= 15 is 0 Å². The number of halogens is 4. The summed E-state index contributed by atoms with van der Waals surface area (Å²) in [6.07, 6.45) is -1.97. The van der Waals surface area contributed by atoms with E-state index in [2.05, 4.69) is 31.7 Å². The van der Waals surface area contributed by atoms with Crippen LogP contribution in [0.2, 0.25) is 0 Å². The van der Waals surface area contributed by atoms with Gasteiger partial charge in [0.2, 0.25) is 0 Å². The van der Waals surface area contributed by atoms with Gasteiger partial charge in [-0.25, -0.2) is 23.8 Å². The Balaban J connectivity index is 1.25. The number of nitrogens with zero attached hydrogens (tertiary/aromatic N) is 6. The van der Waals surface area contributed by atoms with Crippen molar-refractivity contribution in [2.24, 2.45) is 9.98 Å². The number of aliphatic imine (C=N–C) groups is 2. The van der Waals surface area contributed by atoms with Crippen LogP contribution in [0.3, 0.4) is 0 Å². The minimum absolute atomic E-state index is 0.0821. The van der Waals surface area contributed by atoms with Gasteiger partial charge in [-0.05, 0) is 79.8 Å². The van der Waals surface area contributed by atoms with Crippen LogP contribution in [0, 0.1) is 5.82 Å². The highest BCUT2D eigenvalue weighted by Gasteiger charge is 2.31. The number of amides is 2. The van der Waals surface area contributed by atoms with Gasteiger partial charge in [-0.3, -0.25) is 0 Å². The largest absolute Gasteiger partial charge is 0.573 e. The van der Waals surface area contributed by atoms with Crippen molar-refractivity contribution < 1.29 is 27.1 Å². The van der Waals surface area contributed by atoms with Crippen molar-refractivity contribution in [3.63, 3.8) is 0 Å². The number of benzene rings is 3. The number of carbonyl (C=O) groups is 1. The number of alkyl halides is 3. The van der Waals surface area contributed by atoms with E-state index in [4.69, 9.17) is 0 Å². The summed E-state index contributed by atoms with van der Waals surface area (Å²) < 4.78 is 56.7. The van der Waals surface area contributed by atoms with E-state index in [1.807, 2.05) is 43.0 Å². The molecule has 3 aromatic carbocycles. The zero-order valence-electron chi connectivity index (χ0n) is 25.6. The van der Waals surface area contributed by atoms with Crippen LogP contribution in [0.25, 0.3) is 17.1 Å². The Morgan fingerprint density at radius 3 is 2.48 bits per heavy atom. The van der Waals surface area contributed by atoms with Crippen molar-refractivity contribution in [3.05, 3.63) is 90.0 Å². The van der Waals surface area contributed by atoms with Gasteiger partial charge in [-0.2, -0.15) is 4.99 Å². The molecule has 4 aromatic rings. The smallest absolute Gasteiger partial charge is 0.406 e. The zero-order chi connectivity index (χ0) is 33.0. The van der Waals surface area contributed by atoms with Gasteiger partial charge >= 0.3 is 12.4 Å². The van der Waals surface area contributed by atoms with E-state index in [0.717, 1.165) is 34.6 Å². The first-order chi connectivity index (χ1) is 21.9. The van der Waals surface area contributed by atoms with Crippen molar-refractivity contribution in [2.45, 2.75) is 58.9 Å². The van der Waals surface area contributed by atoms with Crippen LogP contribution in [-0.4, -0.2) is 49.8 Å². The average molecular weight is 653 g/mol. The molecule has 2 amide bonds. The van der Waals surface area contributed by atoms with Crippen LogP contribution in [0.5, 0.6) is 5.75 Å². The van der Waals surface area contributed by atoms with Crippen LogP contribution < -0.4 is 9.64 Å². The van der Waals surface area contributed by atoms with Gasteiger partial charge in [-0.1, -0.05) is 49.9 Å². The Bertz CT molecular complexity index is 1750. The van der Waals surface area contributed by atoms with Crippen molar-refractivity contribution in [1.82, 2.24) is 14.8 Å². The topological polar surface area (TPSA) is 85.0 Å². The number of thioether (sulfide) groups is 1. The summed E-state index contributed by atoms with van der Waals surface area (Å²) in [5.74, 6) is 0.708. The number of aromatic nitrogens is 3. The minimum Gasteiger partial charge on any atom is -0.406 e. The average Bonchev–Trinajstić information content (AvgIpc) is 3.48. The Labute approximate surface area is 268 Å². The summed E-state index contributed by atoms with van der Waals surface area (Å²) in [6.45, 7) is 7.85. The maximum absolute atomic E-state index is 14.1. The second-order valence-corrected chi connectivity index (χ2v) is 12.2. The Morgan fingerprint density at radius 2 is 1.80 bits per heavy atom. The molecule has 5 rings (SSSR count). The van der Waals surface area contributed by atoms with E-state index in [1.54, 1.807) is 19.1 Å². The molecule has 1 aromatic heterocycles. The molecule has 1 aliphatic heterocycles. The molecule has 0 aliphatic carbocycles. The molecule has 0 spiro atoms. The normalized spacial score (nSPS) is 16.7. The lowest BCUT2D eigenvalue weighted by molar-refractivity contribution is -0.274. The van der Waals surface area contributed by atoms with Gasteiger partial charge in [0, 0.05) is 35.2 Å². The Hall–Kier alpha value is -4.52. The number of ether oxygens (including phenoxy) is 1. The van der Waals surface area contributed by atoms with Crippen molar-refractivity contribution in [2.75, 3.05) is 10.7 Å². The summed E-state index contributed by atoms with van der Waals surface area (Å²) in [6, 6.07) is 17.0. The monoisotopic (exact) mass is 652 g/mol. The number of amidine groups is 1. The van der Waals surface area contributed by atoms with Gasteiger partial charge in [-0.15, -0.1) is 18.3 Å². The van der Waals surface area contributed by atoms with Crippen molar-refractivity contribution in [3.8, 4) is 22.8 Å². The SMILES string of the molecule is CC(Cc1ccc(-c2ncn(-c3ccc(OC(F)(F)F)cc3)n2)cc1)=NC(=O)N=C1SCCC(C)N1c1ccc(F)cc1C(C)C. The molecule has 0 bridgehead atoms. The number of rotatable bonds is 7. The third-order valence-electron chi connectivity index (χ3n) is 7.26. The predicted molar refractivity (Wildman–Crippen MR) is 173 cm³/mol. The van der Waals surface area contributed by atoms with Crippen LogP contribution in [0.4, 0.5) is 28.0 Å². The molecule has 0 saturated carbocycles. The Morgan fingerprint density at radius 1 is 1.09 bits per heavy atom. The molecule has 0 radical (unpaired) electrons. The van der Waals surface area contributed by atoms with Crippen LogP contribution >= 0.6 is 11.8 Å². The maximum atomic E-state index is 14.1. The summed E-state index contributed by atoms with van der Waals surface area (Å²) in [5.41, 5.74) is 4.46. The molecule has 46 heavy (non-hydrogen) atoms. The van der Waals surface area contributed by atoms with E-state index in [-0.39, 0.29) is 23.5 Å². The lowest BCUT2D eigenvalue weighted by Gasteiger charge is -2.37. The van der Waals surface area contributed by atoms with Crippen molar-refractivity contribution in [1.29, 1.82) is 0 Å². The molecular weight excluding hydrogens is 620 g/mol. The van der Waals surface area contributed by atoms with Crippen LogP contribution in [0.15, 0.2) is 83.0 Å². The number of carbonyl (C=O) groups excluding carboxylic acids is 1. The minimum atomic E-state index is -4.76. The molecule has 13 heteroatoms. The molecule has 1 aliphatic rings. The lowest BCUT2D eigenvalue weighted by atomic mass is 9.99. The maximum Gasteiger partial charge on any atom is 0.573 e. The summed E-state index contributed by atoms with van der Waals surface area (Å²) in [7, 11) is 0. The molecule has 0 N–H and O–H groups in total. The quantitative estimate of drug-likeness (QED) is 0.147. The molecule has 1 unspecified atom stereocenters. The zero-order valence-corrected chi connectivity index (χ0v) is 26.4. The number of urea groups is 1. The molecule has 2 heterocycles. The van der Waals surface area contributed by atoms with E-state index < -0.39 is 12.4 Å². The summed E-state index contributed by atoms with van der Waals surface area (Å²) in [5, 5.41) is 4.98. The van der Waals surface area contributed by atoms with Crippen LogP contribution in [-0.2, 0) is 6.42 Å². The fourth-order valence-electron chi connectivity index (χ4n) is 5.04. The van der Waals surface area contributed by atoms with Gasteiger partial charge in [0.1, 0.15) is 17.9 Å². The molecule has 240 valence electrons.